The van der Waals surface area contributed by atoms with E-state index in [1.807, 2.05) is 54.6 Å². The maximum Gasteiger partial charge on any atom is 0.257 e. The van der Waals surface area contributed by atoms with Crippen LogP contribution in [-0.4, -0.2) is 54.0 Å². The molecule has 192 valence electrons. The molecule has 2 atom stereocenters. The number of rotatable bonds is 7. The average molecular weight is 519 g/mol. The SMILES string of the molecule is O=C(c1ccc(F)cc1)C1CCN(CCCN2C(=O)C(O)C(c3ccccc3)Sc3ccccc32)CC1. The summed E-state index contributed by atoms with van der Waals surface area (Å²) in [7, 11) is 0. The van der Waals surface area contributed by atoms with Gasteiger partial charge in [-0.3, -0.25) is 9.59 Å². The Kier molecular flexibility index (Phi) is 8.03. The predicted octanol–water partition coefficient (Wildman–Crippen LogP) is 5.35. The number of fused-ring (bicyclic) bond motifs is 1. The highest BCUT2D eigenvalue weighted by Gasteiger charge is 2.37. The molecule has 0 spiro atoms. The van der Waals surface area contributed by atoms with Crippen LogP contribution in [0.1, 0.15) is 40.4 Å². The highest BCUT2D eigenvalue weighted by Crippen LogP contribution is 2.45. The summed E-state index contributed by atoms with van der Waals surface area (Å²) in [6.45, 7) is 2.96. The Bertz CT molecular complexity index is 1230. The van der Waals surface area contributed by atoms with E-state index in [0.29, 0.717) is 12.1 Å². The average Bonchev–Trinajstić information content (AvgIpc) is 3.04. The maximum absolute atomic E-state index is 13.4. The first-order valence-electron chi connectivity index (χ1n) is 12.8. The summed E-state index contributed by atoms with van der Waals surface area (Å²) in [5.74, 6) is -0.553. The number of Topliss-reactive ketones (excluding diaryl/α,β-unsaturated/α-hetero) is 1. The molecule has 0 bridgehead atoms. The standard InChI is InChI=1S/C30H31FN2O3S/c31-24-13-11-21(12-14-24)27(34)22-15-19-32(20-16-22)17-6-18-33-25-9-4-5-10-26(25)37-29(28(35)30(33)36)23-7-2-1-3-8-23/h1-5,7-14,22,28-29,35H,6,15-20H2. The monoisotopic (exact) mass is 518 g/mol. The molecule has 7 heteroatoms. The van der Waals surface area contributed by atoms with E-state index in [4.69, 9.17) is 0 Å². The summed E-state index contributed by atoms with van der Waals surface area (Å²) in [5, 5.41) is 10.7. The van der Waals surface area contributed by atoms with Gasteiger partial charge >= 0.3 is 0 Å². The Balaban J connectivity index is 1.19. The zero-order chi connectivity index (χ0) is 25.8. The molecule has 5 rings (SSSR count). The van der Waals surface area contributed by atoms with Crippen LogP contribution in [0, 0.1) is 11.7 Å². The molecule has 1 amide bonds. The molecule has 0 aliphatic carbocycles. The molecule has 2 aliphatic heterocycles. The van der Waals surface area contributed by atoms with Gasteiger partial charge in [0.2, 0.25) is 0 Å². The highest BCUT2D eigenvalue weighted by atomic mass is 32.2. The fourth-order valence-electron chi connectivity index (χ4n) is 5.23. The van der Waals surface area contributed by atoms with Gasteiger partial charge in [0.15, 0.2) is 5.78 Å². The highest BCUT2D eigenvalue weighted by molar-refractivity contribution is 7.99. The molecule has 3 aromatic rings. The molecule has 2 unspecified atom stereocenters. The van der Waals surface area contributed by atoms with Gasteiger partial charge in [-0.15, -0.1) is 11.8 Å². The van der Waals surface area contributed by atoms with Crippen molar-refractivity contribution in [1.82, 2.24) is 4.90 Å². The number of piperidine rings is 1. The zero-order valence-electron chi connectivity index (χ0n) is 20.6. The second-order valence-corrected chi connectivity index (χ2v) is 10.9. The molecule has 3 aromatic carbocycles. The second kappa shape index (κ2) is 11.6. The van der Waals surface area contributed by atoms with Crippen LogP contribution < -0.4 is 4.90 Å². The van der Waals surface area contributed by atoms with Gasteiger partial charge in [0.05, 0.1) is 10.9 Å². The van der Waals surface area contributed by atoms with E-state index in [2.05, 4.69) is 4.90 Å². The van der Waals surface area contributed by atoms with Crippen molar-refractivity contribution in [1.29, 1.82) is 0 Å². The number of halogens is 1. The van der Waals surface area contributed by atoms with E-state index in [0.717, 1.165) is 55.0 Å². The lowest BCUT2D eigenvalue weighted by molar-refractivity contribution is -0.126. The van der Waals surface area contributed by atoms with Crippen LogP contribution in [0.4, 0.5) is 10.1 Å². The Morgan fingerprint density at radius 1 is 0.919 bits per heavy atom. The van der Waals surface area contributed by atoms with E-state index in [1.54, 1.807) is 17.0 Å². The molecule has 1 N–H and O–H groups in total. The van der Waals surface area contributed by atoms with Crippen LogP contribution in [0.15, 0.2) is 83.8 Å². The summed E-state index contributed by atoms with van der Waals surface area (Å²) in [5.41, 5.74) is 2.35. The summed E-state index contributed by atoms with van der Waals surface area (Å²) in [6, 6.07) is 23.4. The largest absolute Gasteiger partial charge is 0.382 e. The van der Waals surface area contributed by atoms with Crippen molar-refractivity contribution in [3.05, 3.63) is 95.8 Å². The Morgan fingerprint density at radius 2 is 1.59 bits per heavy atom. The van der Waals surface area contributed by atoms with E-state index in [1.165, 1.54) is 23.9 Å². The van der Waals surface area contributed by atoms with Gasteiger partial charge in [-0.2, -0.15) is 0 Å². The van der Waals surface area contributed by atoms with Gasteiger partial charge in [0.25, 0.3) is 5.91 Å². The Morgan fingerprint density at radius 3 is 2.32 bits per heavy atom. The van der Waals surface area contributed by atoms with Crippen LogP contribution in [-0.2, 0) is 4.79 Å². The third-order valence-electron chi connectivity index (χ3n) is 7.29. The lowest BCUT2D eigenvalue weighted by Crippen LogP contribution is -2.42. The smallest absolute Gasteiger partial charge is 0.257 e. The maximum atomic E-state index is 13.4. The van der Waals surface area contributed by atoms with Gasteiger partial charge in [-0.25, -0.2) is 4.39 Å². The Hall–Kier alpha value is -3.00. The molecule has 1 fully saturated rings. The molecule has 5 nitrogen and oxygen atoms in total. The van der Waals surface area contributed by atoms with Crippen molar-refractivity contribution in [2.75, 3.05) is 31.1 Å². The minimum atomic E-state index is -1.13. The number of hydrogen-bond donors (Lipinski definition) is 1. The topological polar surface area (TPSA) is 60.9 Å². The van der Waals surface area contributed by atoms with Gasteiger partial charge in [0.1, 0.15) is 11.9 Å². The molecular formula is C30H31FN2O3S. The number of aliphatic hydroxyl groups is 1. The minimum absolute atomic E-state index is 0.0390. The quantitative estimate of drug-likeness (QED) is 0.427. The number of carbonyl (C=O) groups is 2. The molecule has 37 heavy (non-hydrogen) atoms. The lowest BCUT2D eigenvalue weighted by atomic mass is 9.89. The summed E-state index contributed by atoms with van der Waals surface area (Å²) >= 11 is 1.53. The predicted molar refractivity (Wildman–Crippen MR) is 144 cm³/mol. The number of hydrogen-bond acceptors (Lipinski definition) is 5. The van der Waals surface area contributed by atoms with Crippen molar-refractivity contribution >= 4 is 29.1 Å². The minimum Gasteiger partial charge on any atom is -0.382 e. The molecular weight excluding hydrogens is 487 g/mol. The first-order chi connectivity index (χ1) is 18.0. The number of carbonyl (C=O) groups excluding carboxylic acids is 2. The van der Waals surface area contributed by atoms with Crippen molar-refractivity contribution in [2.45, 2.75) is 35.5 Å². The normalized spacial score (nSPS) is 20.9. The van der Waals surface area contributed by atoms with Crippen molar-refractivity contribution in [3.63, 3.8) is 0 Å². The summed E-state index contributed by atoms with van der Waals surface area (Å²) < 4.78 is 13.2. The van der Waals surface area contributed by atoms with Crippen LogP contribution in [0.3, 0.4) is 0 Å². The van der Waals surface area contributed by atoms with Crippen LogP contribution >= 0.6 is 11.8 Å². The van der Waals surface area contributed by atoms with E-state index >= 15 is 0 Å². The number of anilines is 1. The molecule has 0 aromatic heterocycles. The molecule has 2 heterocycles. The van der Waals surface area contributed by atoms with Crippen molar-refractivity contribution in [3.8, 4) is 0 Å². The van der Waals surface area contributed by atoms with Crippen LogP contribution in [0.5, 0.6) is 0 Å². The first kappa shape index (κ1) is 25.6. The van der Waals surface area contributed by atoms with Gasteiger partial charge in [0, 0.05) is 22.9 Å². The number of aliphatic hydroxyl groups excluding tert-OH is 1. The number of para-hydroxylation sites is 1. The molecule has 1 saturated heterocycles. The summed E-state index contributed by atoms with van der Waals surface area (Å²) in [4.78, 5) is 31.3. The zero-order valence-corrected chi connectivity index (χ0v) is 21.4. The second-order valence-electron chi connectivity index (χ2n) is 9.69. The number of benzene rings is 3. The first-order valence-corrected chi connectivity index (χ1v) is 13.7. The fraction of sp³-hybridized carbons (Fsp3) is 0.333. The number of ketones is 1. The van der Waals surface area contributed by atoms with Gasteiger partial charge in [-0.05, 0) is 80.9 Å². The number of amides is 1. The number of likely N-dealkylation sites (tertiary alicyclic amines) is 1. The molecule has 0 radical (unpaired) electrons. The van der Waals surface area contributed by atoms with Crippen LogP contribution in [0.2, 0.25) is 0 Å². The molecule has 2 aliphatic rings. The van der Waals surface area contributed by atoms with Crippen LogP contribution in [0.25, 0.3) is 0 Å². The third kappa shape index (κ3) is 5.79. The van der Waals surface area contributed by atoms with Gasteiger partial charge in [-0.1, -0.05) is 42.5 Å². The number of thioether (sulfide) groups is 1. The summed E-state index contributed by atoms with van der Waals surface area (Å²) in [6.07, 6.45) is 1.18. The van der Waals surface area contributed by atoms with E-state index < -0.39 is 6.10 Å². The lowest BCUT2D eigenvalue weighted by Gasteiger charge is -2.32. The van der Waals surface area contributed by atoms with E-state index in [-0.39, 0.29) is 28.7 Å². The van der Waals surface area contributed by atoms with E-state index in [9.17, 15) is 19.1 Å². The van der Waals surface area contributed by atoms with Crippen molar-refractivity contribution < 1.29 is 19.1 Å². The fourth-order valence-corrected chi connectivity index (χ4v) is 6.50. The number of nitrogens with zero attached hydrogens (tertiary/aromatic N) is 2. The Labute approximate surface area is 221 Å². The van der Waals surface area contributed by atoms with Gasteiger partial charge < -0.3 is 14.9 Å². The third-order valence-corrected chi connectivity index (χ3v) is 8.67. The van der Waals surface area contributed by atoms with Crippen molar-refractivity contribution in [2.24, 2.45) is 5.92 Å². The molecule has 0 saturated carbocycles.